The zero-order valence-electron chi connectivity index (χ0n) is 14.0. The molecule has 2 aromatic carbocycles. The van der Waals surface area contributed by atoms with Crippen molar-refractivity contribution in [1.82, 2.24) is 10.2 Å². The van der Waals surface area contributed by atoms with Crippen LogP contribution in [0.4, 0.5) is 5.69 Å². The minimum Gasteiger partial charge on any atom is -0.493 e. The molecule has 2 aromatic rings. The van der Waals surface area contributed by atoms with E-state index in [2.05, 4.69) is 29.3 Å². The highest BCUT2D eigenvalue weighted by molar-refractivity contribution is 6.04. The van der Waals surface area contributed by atoms with E-state index in [0.717, 1.165) is 66.1 Å². The molecule has 0 aromatic heterocycles. The number of aliphatic imine (C=N–C) groups is 1. The van der Waals surface area contributed by atoms with Crippen molar-refractivity contribution in [2.75, 3.05) is 33.3 Å². The molecule has 2 aliphatic rings. The number of rotatable bonds is 1. The SMILES string of the molecule is COc1cccc2c1Oc1cc(C)ccc1N=C2N1CCNCC1. The third-order valence-corrected chi connectivity index (χ3v) is 4.41. The van der Waals surface area contributed by atoms with Crippen LogP contribution >= 0.6 is 0 Å². The number of benzene rings is 2. The van der Waals surface area contributed by atoms with Crippen LogP contribution in [-0.4, -0.2) is 44.0 Å². The third kappa shape index (κ3) is 2.61. The molecular weight excluding hydrogens is 302 g/mol. The maximum atomic E-state index is 6.24. The Morgan fingerprint density at radius 2 is 2.00 bits per heavy atom. The third-order valence-electron chi connectivity index (χ3n) is 4.41. The van der Waals surface area contributed by atoms with Crippen molar-refractivity contribution in [2.24, 2.45) is 4.99 Å². The Bertz CT molecular complexity index is 795. The fraction of sp³-hybridized carbons (Fsp3) is 0.316. The lowest BCUT2D eigenvalue weighted by Crippen LogP contribution is -2.46. The number of fused-ring (bicyclic) bond motifs is 2. The van der Waals surface area contributed by atoms with Crippen molar-refractivity contribution >= 4 is 11.5 Å². The molecule has 2 heterocycles. The summed E-state index contributed by atoms with van der Waals surface area (Å²) in [6.07, 6.45) is 0. The average Bonchev–Trinajstić information content (AvgIpc) is 2.78. The molecule has 1 saturated heterocycles. The second-order valence-corrected chi connectivity index (χ2v) is 6.08. The van der Waals surface area contributed by atoms with Crippen LogP contribution in [0.1, 0.15) is 11.1 Å². The summed E-state index contributed by atoms with van der Waals surface area (Å²) in [5, 5.41) is 3.39. The van der Waals surface area contributed by atoms with Crippen LogP contribution in [0.2, 0.25) is 0 Å². The first kappa shape index (κ1) is 15.0. The van der Waals surface area contributed by atoms with Gasteiger partial charge in [0, 0.05) is 26.2 Å². The van der Waals surface area contributed by atoms with Crippen LogP contribution in [-0.2, 0) is 0 Å². The predicted octanol–water partition coefficient (Wildman–Crippen LogP) is 3.09. The van der Waals surface area contributed by atoms with Gasteiger partial charge in [0.1, 0.15) is 11.5 Å². The van der Waals surface area contributed by atoms with Gasteiger partial charge >= 0.3 is 0 Å². The van der Waals surface area contributed by atoms with E-state index in [1.54, 1.807) is 7.11 Å². The topological polar surface area (TPSA) is 46.1 Å². The molecule has 24 heavy (non-hydrogen) atoms. The minimum absolute atomic E-state index is 0.727. The smallest absolute Gasteiger partial charge is 0.180 e. The number of nitrogens with one attached hydrogen (secondary N) is 1. The van der Waals surface area contributed by atoms with Gasteiger partial charge in [0.05, 0.1) is 12.7 Å². The molecule has 4 rings (SSSR count). The van der Waals surface area contributed by atoms with E-state index in [1.807, 2.05) is 24.3 Å². The van der Waals surface area contributed by atoms with Gasteiger partial charge in [-0.25, -0.2) is 4.99 Å². The summed E-state index contributed by atoms with van der Waals surface area (Å²) in [5.74, 6) is 3.19. The Morgan fingerprint density at radius 1 is 1.17 bits per heavy atom. The first-order valence-electron chi connectivity index (χ1n) is 8.26. The maximum Gasteiger partial charge on any atom is 0.180 e. The Hall–Kier alpha value is -2.53. The molecule has 5 heteroatoms. The first-order valence-corrected chi connectivity index (χ1v) is 8.26. The van der Waals surface area contributed by atoms with E-state index in [9.17, 15) is 0 Å². The zero-order chi connectivity index (χ0) is 16.5. The van der Waals surface area contributed by atoms with E-state index in [1.165, 1.54) is 0 Å². The first-order chi connectivity index (χ1) is 11.8. The molecule has 1 fully saturated rings. The lowest BCUT2D eigenvalue weighted by molar-refractivity contribution is 0.356. The predicted molar refractivity (Wildman–Crippen MR) is 94.9 cm³/mol. The standard InChI is InChI=1S/C19H21N3O2/c1-13-6-7-15-17(12-13)24-18-14(4-3-5-16(18)23-2)19(21-15)22-10-8-20-9-11-22/h3-7,12,20H,8-11H2,1-2H3. The van der Waals surface area contributed by atoms with Gasteiger partial charge in [-0.05, 0) is 36.8 Å². The lowest BCUT2D eigenvalue weighted by Gasteiger charge is -2.30. The highest BCUT2D eigenvalue weighted by Gasteiger charge is 2.26. The molecule has 5 nitrogen and oxygen atoms in total. The van der Waals surface area contributed by atoms with E-state index in [0.29, 0.717) is 0 Å². The van der Waals surface area contributed by atoms with Gasteiger partial charge < -0.3 is 19.7 Å². The van der Waals surface area contributed by atoms with Crippen LogP contribution in [0.15, 0.2) is 41.4 Å². The second-order valence-electron chi connectivity index (χ2n) is 6.08. The van der Waals surface area contributed by atoms with Crippen molar-refractivity contribution in [3.63, 3.8) is 0 Å². The number of piperazine rings is 1. The van der Waals surface area contributed by atoms with Crippen molar-refractivity contribution in [1.29, 1.82) is 0 Å². The van der Waals surface area contributed by atoms with Gasteiger partial charge in [-0.3, -0.25) is 0 Å². The molecule has 0 atom stereocenters. The number of amidine groups is 1. The number of hydrogen-bond acceptors (Lipinski definition) is 5. The van der Waals surface area contributed by atoms with Crippen LogP contribution in [0.25, 0.3) is 0 Å². The summed E-state index contributed by atoms with van der Waals surface area (Å²) in [6.45, 7) is 5.83. The highest BCUT2D eigenvalue weighted by Crippen LogP contribution is 2.43. The largest absolute Gasteiger partial charge is 0.493 e. The number of aryl methyl sites for hydroxylation is 1. The van der Waals surface area contributed by atoms with E-state index in [4.69, 9.17) is 14.5 Å². The number of ether oxygens (including phenoxy) is 2. The summed E-state index contributed by atoms with van der Waals surface area (Å²) in [6, 6.07) is 12.1. The number of hydrogen-bond donors (Lipinski definition) is 1. The van der Waals surface area contributed by atoms with Gasteiger partial charge in [0.15, 0.2) is 17.2 Å². The van der Waals surface area contributed by atoms with E-state index >= 15 is 0 Å². The fourth-order valence-corrected chi connectivity index (χ4v) is 3.16. The van der Waals surface area contributed by atoms with Crippen molar-refractivity contribution in [3.05, 3.63) is 47.5 Å². The Morgan fingerprint density at radius 3 is 2.79 bits per heavy atom. The van der Waals surface area contributed by atoms with Crippen LogP contribution in [0.5, 0.6) is 17.2 Å². The summed E-state index contributed by atoms with van der Waals surface area (Å²) < 4.78 is 11.8. The van der Waals surface area contributed by atoms with Gasteiger partial charge in [-0.2, -0.15) is 0 Å². The van der Waals surface area contributed by atoms with Crippen LogP contribution in [0.3, 0.4) is 0 Å². The molecule has 0 saturated carbocycles. The summed E-state index contributed by atoms with van der Waals surface area (Å²) in [7, 11) is 1.67. The molecule has 2 aliphatic heterocycles. The maximum absolute atomic E-state index is 6.24. The molecule has 0 amide bonds. The summed E-state index contributed by atoms with van der Waals surface area (Å²) >= 11 is 0. The van der Waals surface area contributed by atoms with Gasteiger partial charge in [0.2, 0.25) is 0 Å². The molecular formula is C19H21N3O2. The normalized spacial score (nSPS) is 16.4. The second kappa shape index (κ2) is 6.17. The van der Waals surface area contributed by atoms with E-state index < -0.39 is 0 Å². The Labute approximate surface area is 141 Å². The number of nitrogens with zero attached hydrogens (tertiary/aromatic N) is 2. The zero-order valence-corrected chi connectivity index (χ0v) is 14.0. The van der Waals surface area contributed by atoms with Crippen molar-refractivity contribution in [2.45, 2.75) is 6.92 Å². The molecule has 124 valence electrons. The highest BCUT2D eigenvalue weighted by atomic mass is 16.5. The van der Waals surface area contributed by atoms with Crippen molar-refractivity contribution < 1.29 is 9.47 Å². The molecule has 0 bridgehead atoms. The molecule has 0 radical (unpaired) electrons. The van der Waals surface area contributed by atoms with Gasteiger partial charge in [0.25, 0.3) is 0 Å². The van der Waals surface area contributed by atoms with Gasteiger partial charge in [-0.1, -0.05) is 12.1 Å². The van der Waals surface area contributed by atoms with E-state index in [-0.39, 0.29) is 0 Å². The van der Waals surface area contributed by atoms with Crippen LogP contribution < -0.4 is 14.8 Å². The molecule has 0 unspecified atom stereocenters. The quantitative estimate of drug-likeness (QED) is 0.876. The Balaban J connectivity index is 1.91. The molecule has 1 N–H and O–H groups in total. The summed E-state index contributed by atoms with van der Waals surface area (Å²) in [4.78, 5) is 7.27. The minimum atomic E-state index is 0.727. The van der Waals surface area contributed by atoms with Crippen molar-refractivity contribution in [3.8, 4) is 17.2 Å². The number of methoxy groups -OCH3 is 1. The van der Waals surface area contributed by atoms with Crippen LogP contribution in [0, 0.1) is 6.92 Å². The molecule has 0 spiro atoms. The average molecular weight is 323 g/mol. The molecule has 0 aliphatic carbocycles. The number of para-hydroxylation sites is 1. The monoisotopic (exact) mass is 323 g/mol. The summed E-state index contributed by atoms with van der Waals surface area (Å²) in [5.41, 5.74) is 2.98. The Kier molecular flexibility index (Phi) is 3.86. The lowest BCUT2D eigenvalue weighted by atomic mass is 10.1. The van der Waals surface area contributed by atoms with Gasteiger partial charge in [-0.15, -0.1) is 0 Å². The fourth-order valence-electron chi connectivity index (χ4n) is 3.16.